The van der Waals surface area contributed by atoms with Gasteiger partial charge in [0, 0.05) is 66.0 Å². The van der Waals surface area contributed by atoms with Crippen molar-refractivity contribution in [2.75, 3.05) is 18.0 Å². The van der Waals surface area contributed by atoms with Crippen LogP contribution in [0.1, 0.15) is 25.0 Å². The quantitative estimate of drug-likeness (QED) is 0.109. The van der Waals surface area contributed by atoms with E-state index in [1.54, 1.807) is 29.5 Å². The monoisotopic (exact) mass is 646 g/mol. The summed E-state index contributed by atoms with van der Waals surface area (Å²) in [5, 5.41) is 0.958. The predicted molar refractivity (Wildman–Crippen MR) is 169 cm³/mol. The number of fused-ring (bicyclic) bond motifs is 2. The maximum atomic E-state index is 11.6. The Morgan fingerprint density at radius 1 is 0.884 bits per heavy atom. The smallest absolute Gasteiger partial charge is 0.294 e. The average Bonchev–Trinajstić information content (AvgIpc) is 2.96. The third kappa shape index (κ3) is 7.89. The van der Waals surface area contributed by atoms with E-state index in [0.717, 1.165) is 43.0 Å². The molecule has 0 amide bonds. The van der Waals surface area contributed by atoms with Crippen LogP contribution < -0.4 is 14.8 Å². The van der Waals surface area contributed by atoms with Crippen molar-refractivity contribution < 1.29 is 25.9 Å². The number of aromatic nitrogens is 1. The van der Waals surface area contributed by atoms with Gasteiger partial charge in [0.05, 0.1) is 30.6 Å². The van der Waals surface area contributed by atoms with Crippen molar-refractivity contribution in [1.29, 1.82) is 0 Å². The van der Waals surface area contributed by atoms with E-state index >= 15 is 0 Å². The van der Waals surface area contributed by atoms with Crippen LogP contribution in [0.3, 0.4) is 0 Å². The van der Waals surface area contributed by atoms with Crippen LogP contribution >= 0.6 is 11.3 Å². The number of hydrogen-bond donors (Lipinski definition) is 1. The molecule has 5 rings (SSSR count). The Morgan fingerprint density at radius 3 is 2.26 bits per heavy atom. The molecule has 3 aromatic carbocycles. The van der Waals surface area contributed by atoms with E-state index < -0.39 is 20.2 Å². The molecule has 0 unspecified atom stereocenters. The molecular weight excluding hydrogens is 618 g/mol. The van der Waals surface area contributed by atoms with Crippen LogP contribution in [-0.2, 0) is 33.3 Å². The zero-order valence-corrected chi connectivity index (χ0v) is 28.4. The summed E-state index contributed by atoms with van der Waals surface area (Å²) in [6.07, 6.45) is 0. The van der Waals surface area contributed by atoms with Gasteiger partial charge >= 0.3 is 0 Å². The average molecular weight is 647 g/mol. The van der Waals surface area contributed by atoms with E-state index in [1.807, 2.05) is 44.2 Å². The Morgan fingerprint density at radius 2 is 1.58 bits per heavy atom. The molecule has 0 fully saturated rings. The van der Waals surface area contributed by atoms with Gasteiger partial charge in [0.1, 0.15) is 16.7 Å². The molecule has 1 N–H and O–H groups in total. The van der Waals surface area contributed by atoms with Gasteiger partial charge in [0.25, 0.3) is 10.1 Å². The topological polar surface area (TPSA) is 131 Å². The minimum Gasteiger partial charge on any atom is -0.744 e. The van der Waals surface area contributed by atoms with Crippen molar-refractivity contribution in [3.63, 3.8) is 0 Å². The van der Waals surface area contributed by atoms with Gasteiger partial charge in [0.2, 0.25) is 5.36 Å². The normalized spacial score (nSPS) is 12.7. The second-order valence-corrected chi connectivity index (χ2v) is 13.7. The number of hydrogen-bond acceptors (Lipinski definition) is 8. The van der Waals surface area contributed by atoms with Crippen molar-refractivity contribution >= 4 is 77.0 Å². The van der Waals surface area contributed by atoms with Crippen molar-refractivity contribution in [3.05, 3.63) is 101 Å². The third-order valence-electron chi connectivity index (χ3n) is 6.97. The van der Waals surface area contributed by atoms with Gasteiger partial charge < -0.3 is 9.45 Å². The molecule has 1 heterocycles. The number of rotatable bonds is 9. The molecule has 9 nitrogen and oxygen atoms in total. The zero-order chi connectivity index (χ0) is 30.1. The molecular formula is C30H29N3NaO6S3. The molecule has 1 radical (unpaired) electrons. The largest absolute Gasteiger partial charge is 0.744 e. The van der Waals surface area contributed by atoms with E-state index in [-0.39, 0.29) is 39.3 Å². The molecule has 13 heteroatoms. The Bertz CT molecular complexity index is 2050. The van der Waals surface area contributed by atoms with Crippen LogP contribution in [-0.4, -0.2) is 73.6 Å². The fourth-order valence-corrected chi connectivity index (χ4v) is 6.94. The van der Waals surface area contributed by atoms with Gasteiger partial charge in [-0.2, -0.15) is 8.42 Å². The maximum absolute atomic E-state index is 11.6. The summed E-state index contributed by atoms with van der Waals surface area (Å²) in [6, 6.07) is 24.5. The number of nitrogens with zero attached hydrogens (tertiary/aromatic N) is 3. The number of anilines is 1. The molecule has 0 aromatic heterocycles. The maximum Gasteiger partial charge on any atom is 0.294 e. The van der Waals surface area contributed by atoms with Crippen molar-refractivity contribution in [3.8, 4) is 10.6 Å². The standard InChI is InChI=1S/C30H29N3O6S3.Na/c1-3-32(19-21-7-5-9-25(15-21)41(34,35)36)23-11-13-27-29(17-23)40-30-18-24(12-14-28(30)31-27)33(4-2)20-22-8-6-10-26(16-22)42(37,38)39;/h5-18H,3-4,19-20H2,1-2H3,(H-,34,35,36,37,38,39);. The summed E-state index contributed by atoms with van der Waals surface area (Å²) in [5.41, 5.74) is 4.14. The summed E-state index contributed by atoms with van der Waals surface area (Å²) in [6.45, 7) is 6.27. The van der Waals surface area contributed by atoms with Gasteiger partial charge in [-0.25, -0.2) is 18.0 Å². The molecule has 0 atom stereocenters. The molecule has 0 saturated carbocycles. The van der Waals surface area contributed by atoms with Crippen LogP contribution in [0.5, 0.6) is 0 Å². The van der Waals surface area contributed by atoms with Gasteiger partial charge in [-0.15, -0.1) is 11.3 Å². The molecule has 3 aromatic rings. The second kappa shape index (κ2) is 13.5. The van der Waals surface area contributed by atoms with Crippen LogP contribution in [0, 0.1) is 0 Å². The van der Waals surface area contributed by atoms with Crippen molar-refractivity contribution in [2.24, 2.45) is 0 Å². The Kier molecular flexibility index (Phi) is 10.5. The molecule has 43 heavy (non-hydrogen) atoms. The first-order valence-corrected chi connectivity index (χ1v) is 16.9. The summed E-state index contributed by atoms with van der Waals surface area (Å²) < 4.78 is 70.1. The first-order valence-electron chi connectivity index (χ1n) is 13.2. The molecule has 2 aliphatic rings. The van der Waals surface area contributed by atoms with Gasteiger partial charge in [-0.1, -0.05) is 24.3 Å². The molecule has 0 saturated heterocycles. The van der Waals surface area contributed by atoms with Gasteiger partial charge in [-0.05, 0) is 67.9 Å². The summed E-state index contributed by atoms with van der Waals surface area (Å²) in [5.74, 6) is 0. The minimum atomic E-state index is -4.53. The van der Waals surface area contributed by atoms with Crippen LogP contribution in [0.15, 0.2) is 94.7 Å². The summed E-state index contributed by atoms with van der Waals surface area (Å²) in [7, 11) is -8.82. The fraction of sp³-hybridized carbons (Fsp3) is 0.200. The van der Waals surface area contributed by atoms with E-state index in [9.17, 15) is 25.9 Å². The molecule has 0 spiro atoms. The van der Waals surface area contributed by atoms with Crippen molar-refractivity contribution in [1.82, 2.24) is 9.56 Å². The SMILES string of the molecule is CCN(Cc1cccc(S(=O)(=O)[O-])c1)c1ccc2nc3ccc(=[N+](CC)Cc4cccc(S(=O)(=O)O)c4)cc-3sc2c1.[Na]. The van der Waals surface area contributed by atoms with Crippen molar-refractivity contribution in [2.45, 2.75) is 36.7 Å². The van der Waals surface area contributed by atoms with E-state index in [2.05, 4.69) is 21.6 Å². The van der Waals surface area contributed by atoms with E-state index in [1.165, 1.54) is 24.3 Å². The molecule has 219 valence electrons. The third-order valence-corrected chi connectivity index (χ3v) is 9.75. The fourth-order valence-electron chi connectivity index (χ4n) is 4.81. The van der Waals surface area contributed by atoms with E-state index in [4.69, 9.17) is 4.98 Å². The molecule has 1 aliphatic heterocycles. The molecule has 0 bridgehead atoms. The van der Waals surface area contributed by atoms with Crippen LogP contribution in [0.4, 0.5) is 5.69 Å². The Hall–Kier alpha value is -2.68. The van der Waals surface area contributed by atoms with Gasteiger partial charge in [-0.3, -0.25) is 4.55 Å². The summed E-state index contributed by atoms with van der Waals surface area (Å²) >= 11 is 1.61. The first kappa shape index (κ1) is 33.2. The predicted octanol–water partition coefficient (Wildman–Crippen LogP) is 4.19. The van der Waals surface area contributed by atoms with E-state index in [0.29, 0.717) is 26.2 Å². The summed E-state index contributed by atoms with van der Waals surface area (Å²) in [4.78, 5) is 7.57. The molecule has 1 aliphatic carbocycles. The number of benzene rings is 4. The Balaban J connectivity index is 0.00000423. The second-order valence-electron chi connectivity index (χ2n) is 9.77. The van der Waals surface area contributed by atoms with Gasteiger partial charge in [0.15, 0.2) is 6.54 Å². The minimum absolute atomic E-state index is 0. The Labute approximate surface area is 277 Å². The van der Waals surface area contributed by atoms with Crippen LogP contribution in [0.25, 0.3) is 20.8 Å². The zero-order valence-electron chi connectivity index (χ0n) is 24.0. The first-order chi connectivity index (χ1) is 19.9. The van der Waals surface area contributed by atoms with Crippen LogP contribution in [0.2, 0.25) is 0 Å².